The number of halogens is 1. The molecule has 0 aliphatic rings. The minimum Gasteiger partial charge on any atom is -0.488 e. The van der Waals surface area contributed by atoms with E-state index in [-0.39, 0.29) is 18.0 Å². The van der Waals surface area contributed by atoms with Crippen LogP contribution in [-0.4, -0.2) is 19.9 Å². The molecule has 1 aromatic carbocycles. The molecule has 0 amide bonds. The summed E-state index contributed by atoms with van der Waals surface area (Å²) in [5, 5.41) is 10.6. The number of nitrogens with zero attached hydrogens (tertiary/aromatic N) is 1. The number of allylic oxidation sites excluding steroid dienone is 1. The zero-order valence-corrected chi connectivity index (χ0v) is 10.9. The van der Waals surface area contributed by atoms with Gasteiger partial charge < -0.3 is 4.74 Å². The average molecular weight is 292 g/mol. The van der Waals surface area contributed by atoms with Gasteiger partial charge in [-0.3, -0.25) is 10.1 Å². The van der Waals surface area contributed by atoms with E-state index in [2.05, 4.69) is 0 Å². The second-order valence-corrected chi connectivity index (χ2v) is 5.74. The topological polar surface area (TPSA) is 86.5 Å². The quantitative estimate of drug-likeness (QED) is 0.360. The summed E-state index contributed by atoms with van der Waals surface area (Å²) < 4.78 is 27.8. The van der Waals surface area contributed by atoms with E-state index in [9.17, 15) is 18.5 Å². The van der Waals surface area contributed by atoms with Gasteiger partial charge in [-0.05, 0) is 13.0 Å². The summed E-state index contributed by atoms with van der Waals surface area (Å²) in [5.74, 6) is -0.0197. The molecular weight excluding hydrogens is 282 g/mol. The summed E-state index contributed by atoms with van der Waals surface area (Å²) in [6, 6.07) is 3.22. The standard InChI is InChI=1S/C10H10ClNO5S/c1-2-3-6-17-9-5-4-8(12(13)14)7-10(9)18(11,15)16/h2-5,7H,6H2,1H3/b3-2+. The number of hydrogen-bond acceptors (Lipinski definition) is 5. The van der Waals surface area contributed by atoms with E-state index in [1.54, 1.807) is 19.1 Å². The smallest absolute Gasteiger partial charge is 0.271 e. The van der Waals surface area contributed by atoms with E-state index in [1.165, 1.54) is 6.07 Å². The first-order valence-corrected chi connectivity index (χ1v) is 7.14. The van der Waals surface area contributed by atoms with E-state index in [0.29, 0.717) is 0 Å². The van der Waals surface area contributed by atoms with Gasteiger partial charge in [0.05, 0.1) is 4.92 Å². The first kappa shape index (κ1) is 14.5. The van der Waals surface area contributed by atoms with Gasteiger partial charge in [-0.15, -0.1) is 0 Å². The molecule has 98 valence electrons. The minimum atomic E-state index is -4.11. The summed E-state index contributed by atoms with van der Waals surface area (Å²) >= 11 is 0. The lowest BCUT2D eigenvalue weighted by Gasteiger charge is -2.07. The highest BCUT2D eigenvalue weighted by Gasteiger charge is 2.21. The van der Waals surface area contributed by atoms with Gasteiger partial charge in [0.25, 0.3) is 14.7 Å². The highest BCUT2D eigenvalue weighted by Crippen LogP contribution is 2.30. The van der Waals surface area contributed by atoms with Crippen LogP contribution in [0, 0.1) is 10.1 Å². The average Bonchev–Trinajstić information content (AvgIpc) is 2.28. The molecule has 0 unspecified atom stereocenters. The van der Waals surface area contributed by atoms with E-state index in [1.807, 2.05) is 0 Å². The molecule has 0 spiro atoms. The zero-order valence-electron chi connectivity index (χ0n) is 9.37. The van der Waals surface area contributed by atoms with Crippen LogP contribution in [0.2, 0.25) is 0 Å². The SMILES string of the molecule is C/C=C/COc1ccc([N+](=O)[O-])cc1S(=O)(=O)Cl. The van der Waals surface area contributed by atoms with E-state index < -0.39 is 18.9 Å². The predicted molar refractivity (Wildman–Crippen MR) is 66.4 cm³/mol. The molecule has 0 saturated heterocycles. The van der Waals surface area contributed by atoms with E-state index in [4.69, 9.17) is 15.4 Å². The maximum atomic E-state index is 11.3. The van der Waals surface area contributed by atoms with Gasteiger partial charge >= 0.3 is 0 Å². The third-order valence-electron chi connectivity index (χ3n) is 1.97. The molecule has 0 aliphatic carbocycles. The minimum absolute atomic E-state index is 0.0197. The molecular formula is C10H10ClNO5S. The van der Waals surface area contributed by atoms with Gasteiger partial charge in [0.1, 0.15) is 17.3 Å². The molecule has 8 heteroatoms. The van der Waals surface area contributed by atoms with Crippen LogP contribution in [0.4, 0.5) is 5.69 Å². The predicted octanol–water partition coefficient (Wildman–Crippen LogP) is 2.48. The van der Waals surface area contributed by atoms with Gasteiger partial charge in [0.2, 0.25) is 0 Å². The van der Waals surface area contributed by atoms with Crippen molar-refractivity contribution in [1.29, 1.82) is 0 Å². The number of ether oxygens (including phenoxy) is 1. The molecule has 0 bridgehead atoms. The lowest BCUT2D eigenvalue weighted by molar-refractivity contribution is -0.385. The third kappa shape index (κ3) is 3.71. The van der Waals surface area contributed by atoms with Crippen molar-refractivity contribution in [2.45, 2.75) is 11.8 Å². The normalized spacial score (nSPS) is 11.7. The Balaban J connectivity index is 3.22. The van der Waals surface area contributed by atoms with E-state index >= 15 is 0 Å². The Kier molecular flexibility index (Phi) is 4.69. The Morgan fingerprint density at radius 1 is 1.50 bits per heavy atom. The van der Waals surface area contributed by atoms with Crippen LogP contribution in [0.25, 0.3) is 0 Å². The fourth-order valence-electron chi connectivity index (χ4n) is 1.15. The second-order valence-electron chi connectivity index (χ2n) is 3.21. The van der Waals surface area contributed by atoms with Crippen molar-refractivity contribution in [2.24, 2.45) is 0 Å². The van der Waals surface area contributed by atoms with Gasteiger partial charge in [0, 0.05) is 22.8 Å². The largest absolute Gasteiger partial charge is 0.488 e. The summed E-state index contributed by atoms with van der Waals surface area (Å²) in [7, 11) is 1.10. The molecule has 1 rings (SSSR count). The second kappa shape index (κ2) is 5.83. The fraction of sp³-hybridized carbons (Fsp3) is 0.200. The number of hydrogen-bond donors (Lipinski definition) is 0. The number of benzene rings is 1. The molecule has 0 heterocycles. The Labute approximate surface area is 108 Å². The first-order chi connectivity index (χ1) is 8.36. The van der Waals surface area contributed by atoms with Crippen molar-refractivity contribution in [3.8, 4) is 5.75 Å². The van der Waals surface area contributed by atoms with Crippen molar-refractivity contribution in [1.82, 2.24) is 0 Å². The molecule has 0 saturated carbocycles. The summed E-state index contributed by atoms with van der Waals surface area (Å²) in [4.78, 5) is 9.45. The van der Waals surface area contributed by atoms with Gasteiger partial charge in [-0.2, -0.15) is 0 Å². The Morgan fingerprint density at radius 2 is 2.17 bits per heavy atom. The Hall–Kier alpha value is -1.60. The van der Waals surface area contributed by atoms with Gasteiger partial charge in [-0.25, -0.2) is 8.42 Å². The van der Waals surface area contributed by atoms with Crippen molar-refractivity contribution in [3.63, 3.8) is 0 Å². The number of rotatable bonds is 5. The van der Waals surface area contributed by atoms with Crippen LogP contribution in [0.3, 0.4) is 0 Å². The monoisotopic (exact) mass is 291 g/mol. The number of nitro benzene ring substituents is 1. The fourth-order valence-corrected chi connectivity index (χ4v) is 2.14. The molecule has 0 aliphatic heterocycles. The lowest BCUT2D eigenvalue weighted by atomic mass is 10.3. The van der Waals surface area contributed by atoms with Crippen molar-refractivity contribution >= 4 is 25.4 Å². The van der Waals surface area contributed by atoms with E-state index in [0.717, 1.165) is 12.1 Å². The first-order valence-electron chi connectivity index (χ1n) is 4.83. The molecule has 1 aromatic rings. The highest BCUT2D eigenvalue weighted by molar-refractivity contribution is 8.13. The highest BCUT2D eigenvalue weighted by atomic mass is 35.7. The molecule has 0 radical (unpaired) electrons. The summed E-state index contributed by atoms with van der Waals surface area (Å²) in [6.45, 7) is 1.92. The molecule has 0 fully saturated rings. The molecule has 6 nitrogen and oxygen atoms in total. The third-order valence-corrected chi connectivity index (χ3v) is 3.31. The van der Waals surface area contributed by atoms with Gasteiger partial charge in [0.15, 0.2) is 0 Å². The van der Waals surface area contributed by atoms with Crippen molar-refractivity contribution in [2.75, 3.05) is 6.61 Å². The Bertz CT molecular complexity index is 582. The van der Waals surface area contributed by atoms with Crippen LogP contribution in [0.1, 0.15) is 6.92 Å². The molecule has 0 atom stereocenters. The lowest BCUT2D eigenvalue weighted by Crippen LogP contribution is -2.01. The maximum absolute atomic E-state index is 11.3. The van der Waals surface area contributed by atoms with Crippen molar-refractivity contribution in [3.05, 3.63) is 40.5 Å². The van der Waals surface area contributed by atoms with Crippen LogP contribution < -0.4 is 4.74 Å². The summed E-state index contributed by atoms with van der Waals surface area (Å²) in [5.41, 5.74) is -0.368. The molecule has 18 heavy (non-hydrogen) atoms. The molecule has 0 N–H and O–H groups in total. The van der Waals surface area contributed by atoms with Crippen LogP contribution in [0.5, 0.6) is 5.75 Å². The Morgan fingerprint density at radius 3 is 2.67 bits per heavy atom. The number of non-ortho nitro benzene ring substituents is 1. The van der Waals surface area contributed by atoms with Crippen LogP contribution in [-0.2, 0) is 9.05 Å². The summed E-state index contributed by atoms with van der Waals surface area (Å²) in [6.07, 6.45) is 3.38. The molecule has 0 aromatic heterocycles. The maximum Gasteiger partial charge on any atom is 0.271 e. The van der Waals surface area contributed by atoms with Crippen molar-refractivity contribution < 1.29 is 18.1 Å². The zero-order chi connectivity index (χ0) is 13.8. The number of nitro groups is 1. The van der Waals surface area contributed by atoms with Crippen LogP contribution in [0.15, 0.2) is 35.2 Å². The van der Waals surface area contributed by atoms with Crippen LogP contribution >= 0.6 is 10.7 Å². The van der Waals surface area contributed by atoms with Gasteiger partial charge in [-0.1, -0.05) is 12.2 Å².